The molecule has 1 amide bonds. The number of carbonyl (C=O) groups is 1. The summed E-state index contributed by atoms with van der Waals surface area (Å²) in [5.74, 6) is 0.325. The van der Waals surface area contributed by atoms with Crippen molar-refractivity contribution >= 4 is 5.91 Å². The quantitative estimate of drug-likeness (QED) is 0.501. The fraction of sp³-hybridized carbons (Fsp3) is 0.586. The number of carbonyl (C=O) groups excluding carboxylic acids is 1. The predicted molar refractivity (Wildman–Crippen MR) is 133 cm³/mol. The minimum Gasteiger partial charge on any atom is -0.363 e. The molecule has 9 heteroatoms. The van der Waals surface area contributed by atoms with Crippen molar-refractivity contribution in [1.29, 1.82) is 0 Å². The zero-order valence-electron chi connectivity index (χ0n) is 21.4. The summed E-state index contributed by atoms with van der Waals surface area (Å²) in [5, 5.41) is 0. The van der Waals surface area contributed by atoms with Gasteiger partial charge in [0.05, 0.1) is 12.2 Å². The van der Waals surface area contributed by atoms with Gasteiger partial charge in [-0.2, -0.15) is 13.2 Å². The zero-order valence-corrected chi connectivity index (χ0v) is 21.4. The third-order valence-corrected chi connectivity index (χ3v) is 9.02. The molecule has 2 aromatic rings. The molecule has 5 nitrogen and oxygen atoms in total. The van der Waals surface area contributed by atoms with Gasteiger partial charge in [0.15, 0.2) is 0 Å². The first-order valence-electron chi connectivity index (χ1n) is 13.7. The highest BCUT2D eigenvalue weighted by atomic mass is 19.4. The lowest BCUT2D eigenvalue weighted by Crippen LogP contribution is -2.58. The molecule has 204 valence electrons. The van der Waals surface area contributed by atoms with Crippen LogP contribution in [0.1, 0.15) is 66.8 Å². The third-order valence-electron chi connectivity index (χ3n) is 9.02. The van der Waals surface area contributed by atoms with E-state index in [1.54, 1.807) is 4.90 Å². The van der Waals surface area contributed by atoms with E-state index in [4.69, 9.17) is 4.74 Å². The Morgan fingerprint density at radius 2 is 1.76 bits per heavy atom. The van der Waals surface area contributed by atoms with E-state index in [0.717, 1.165) is 57.5 Å². The number of rotatable bonds is 4. The van der Waals surface area contributed by atoms with Gasteiger partial charge >= 0.3 is 6.18 Å². The Balaban J connectivity index is 1.09. The van der Waals surface area contributed by atoms with Crippen molar-refractivity contribution < 1.29 is 27.1 Å². The van der Waals surface area contributed by atoms with Crippen LogP contribution in [0.3, 0.4) is 0 Å². The van der Waals surface area contributed by atoms with E-state index < -0.39 is 17.3 Å². The fourth-order valence-electron chi connectivity index (χ4n) is 6.64. The molecule has 0 N–H and O–H groups in total. The number of benzene rings is 1. The van der Waals surface area contributed by atoms with Crippen molar-refractivity contribution in [3.8, 4) is 0 Å². The number of alkyl halides is 3. The number of aromatic nitrogens is 1. The zero-order chi connectivity index (χ0) is 26.5. The maximum atomic E-state index is 13.9. The lowest BCUT2D eigenvalue weighted by Gasteiger charge is -2.46. The number of pyridine rings is 1. The van der Waals surface area contributed by atoms with Crippen LogP contribution >= 0.6 is 0 Å². The topological polar surface area (TPSA) is 45.7 Å². The van der Waals surface area contributed by atoms with E-state index in [-0.39, 0.29) is 30.2 Å². The molecular formula is C29H33F4N3O2. The van der Waals surface area contributed by atoms with Gasteiger partial charge in [-0.15, -0.1) is 0 Å². The molecule has 3 fully saturated rings. The van der Waals surface area contributed by atoms with Crippen LogP contribution in [-0.2, 0) is 28.7 Å². The maximum Gasteiger partial charge on any atom is 0.417 e. The standard InChI is InChI=1S/C29H33F4N3O2/c30-24-5-1-19(2-6-24)20-8-12-35(13-9-20)25-7-11-28(38-18-25,22-3-4-22)27(37)36-14-10-26-21(17-36)15-23(16-34-26)29(31,32)33/h1-2,5-6,15-16,20,22,25H,3-4,7-14,17-18H2/t25-,28+/m1/s1. The molecule has 0 bridgehead atoms. The molecular weight excluding hydrogens is 498 g/mol. The number of hydrogen-bond acceptors (Lipinski definition) is 4. The SMILES string of the molecule is O=C(N1CCc2ncc(C(F)(F)F)cc2C1)[C@@]1(C2CC2)CC[C@@H](N2CCC(c3ccc(F)cc3)CC2)CO1. The minimum atomic E-state index is -4.46. The van der Waals surface area contributed by atoms with Crippen LogP contribution in [0.4, 0.5) is 17.6 Å². The second-order valence-corrected chi connectivity index (χ2v) is 11.3. The summed E-state index contributed by atoms with van der Waals surface area (Å²) in [7, 11) is 0. The fourth-order valence-corrected chi connectivity index (χ4v) is 6.64. The monoisotopic (exact) mass is 531 g/mol. The number of hydrogen-bond donors (Lipinski definition) is 0. The Bertz CT molecular complexity index is 1170. The van der Waals surface area contributed by atoms with Crippen molar-refractivity contribution in [1.82, 2.24) is 14.8 Å². The summed E-state index contributed by atoms with van der Waals surface area (Å²) in [5.41, 5.74) is 0.654. The van der Waals surface area contributed by atoms with Gasteiger partial charge in [-0.05, 0) is 92.8 Å². The van der Waals surface area contributed by atoms with E-state index in [0.29, 0.717) is 43.2 Å². The summed E-state index contributed by atoms with van der Waals surface area (Å²) in [6, 6.07) is 8.21. The van der Waals surface area contributed by atoms with Gasteiger partial charge in [0.2, 0.25) is 0 Å². The molecule has 6 rings (SSSR count). The number of fused-ring (bicyclic) bond motifs is 1. The van der Waals surface area contributed by atoms with Crippen LogP contribution in [0.25, 0.3) is 0 Å². The highest BCUT2D eigenvalue weighted by Gasteiger charge is 2.55. The Kier molecular flexibility index (Phi) is 6.71. The number of nitrogens with zero attached hydrogens (tertiary/aromatic N) is 3. The van der Waals surface area contributed by atoms with Gasteiger partial charge in [-0.25, -0.2) is 4.39 Å². The molecule has 1 aromatic carbocycles. The first-order chi connectivity index (χ1) is 18.2. The molecule has 0 radical (unpaired) electrons. The lowest BCUT2D eigenvalue weighted by atomic mass is 9.83. The maximum absolute atomic E-state index is 13.9. The van der Waals surface area contributed by atoms with E-state index in [9.17, 15) is 22.4 Å². The summed E-state index contributed by atoms with van der Waals surface area (Å²) >= 11 is 0. The number of ether oxygens (including phenoxy) is 1. The van der Waals surface area contributed by atoms with Gasteiger partial charge in [-0.3, -0.25) is 14.7 Å². The molecule has 1 aromatic heterocycles. The molecule has 2 saturated heterocycles. The van der Waals surface area contributed by atoms with Crippen LogP contribution in [0.2, 0.25) is 0 Å². The van der Waals surface area contributed by atoms with Gasteiger partial charge < -0.3 is 9.64 Å². The number of likely N-dealkylation sites (tertiary alicyclic amines) is 1. The average molecular weight is 532 g/mol. The molecule has 0 unspecified atom stereocenters. The molecule has 1 aliphatic carbocycles. The molecule has 0 spiro atoms. The summed E-state index contributed by atoms with van der Waals surface area (Å²) in [6.45, 7) is 2.97. The lowest BCUT2D eigenvalue weighted by molar-refractivity contribution is -0.177. The normalized spacial score (nSPS) is 27.3. The highest BCUT2D eigenvalue weighted by Crippen LogP contribution is 2.48. The van der Waals surface area contributed by atoms with Crippen molar-refractivity contribution in [3.05, 3.63) is 64.7 Å². The van der Waals surface area contributed by atoms with Crippen molar-refractivity contribution in [2.45, 2.75) is 75.2 Å². The van der Waals surface area contributed by atoms with Gasteiger partial charge in [-0.1, -0.05) is 12.1 Å². The second-order valence-electron chi connectivity index (χ2n) is 11.3. The second kappa shape index (κ2) is 9.90. The van der Waals surface area contributed by atoms with Gasteiger partial charge in [0.25, 0.3) is 5.91 Å². The number of amides is 1. The molecule has 2 atom stereocenters. The van der Waals surface area contributed by atoms with Gasteiger partial charge in [0, 0.05) is 37.4 Å². The third kappa shape index (κ3) is 4.95. The Labute approximate surface area is 220 Å². The summed E-state index contributed by atoms with van der Waals surface area (Å²) in [4.78, 5) is 22.1. The predicted octanol–water partition coefficient (Wildman–Crippen LogP) is 5.33. The Morgan fingerprint density at radius 3 is 2.39 bits per heavy atom. The molecule has 3 aliphatic heterocycles. The molecule has 38 heavy (non-hydrogen) atoms. The first-order valence-corrected chi connectivity index (χ1v) is 13.7. The van der Waals surface area contributed by atoms with Crippen LogP contribution < -0.4 is 0 Å². The minimum absolute atomic E-state index is 0.0727. The van der Waals surface area contributed by atoms with E-state index in [1.807, 2.05) is 12.1 Å². The van der Waals surface area contributed by atoms with Crippen molar-refractivity contribution in [3.63, 3.8) is 0 Å². The van der Waals surface area contributed by atoms with Crippen LogP contribution in [0.15, 0.2) is 36.5 Å². The average Bonchev–Trinajstić information content (AvgIpc) is 3.78. The Morgan fingerprint density at radius 1 is 1.03 bits per heavy atom. The van der Waals surface area contributed by atoms with E-state index in [1.165, 1.54) is 17.7 Å². The highest BCUT2D eigenvalue weighted by molar-refractivity contribution is 5.86. The van der Waals surface area contributed by atoms with Crippen LogP contribution in [-0.4, -0.2) is 58.6 Å². The van der Waals surface area contributed by atoms with Crippen molar-refractivity contribution in [2.75, 3.05) is 26.2 Å². The van der Waals surface area contributed by atoms with Crippen molar-refractivity contribution in [2.24, 2.45) is 5.92 Å². The van der Waals surface area contributed by atoms with Crippen LogP contribution in [0.5, 0.6) is 0 Å². The number of halogens is 4. The molecule has 4 heterocycles. The summed E-state index contributed by atoms with van der Waals surface area (Å²) < 4.78 is 59.5. The largest absolute Gasteiger partial charge is 0.417 e. The first kappa shape index (κ1) is 25.7. The summed E-state index contributed by atoms with van der Waals surface area (Å²) in [6.07, 6.45) is 2.30. The smallest absolute Gasteiger partial charge is 0.363 e. The van der Waals surface area contributed by atoms with Gasteiger partial charge in [0.1, 0.15) is 11.4 Å². The molecule has 1 saturated carbocycles. The molecule has 4 aliphatic rings. The van der Waals surface area contributed by atoms with E-state index >= 15 is 0 Å². The Hall–Kier alpha value is -2.52. The number of piperidine rings is 1. The van der Waals surface area contributed by atoms with Crippen LogP contribution in [0, 0.1) is 11.7 Å². The van der Waals surface area contributed by atoms with E-state index in [2.05, 4.69) is 9.88 Å².